The first-order chi connectivity index (χ1) is 9.45. The number of thioether (sulfide) groups is 2. The molecule has 0 saturated carbocycles. The molecule has 0 fully saturated rings. The van der Waals surface area contributed by atoms with Crippen LogP contribution in [-0.2, 0) is 0 Å². The minimum atomic E-state index is 1.06. The van der Waals surface area contributed by atoms with Crippen molar-refractivity contribution >= 4 is 23.5 Å². The average molecular weight is 293 g/mol. The Morgan fingerprint density at radius 3 is 1.21 bits per heavy atom. The lowest BCUT2D eigenvalue weighted by atomic mass is 10.4. The molecule has 104 valence electrons. The van der Waals surface area contributed by atoms with Crippen molar-refractivity contribution in [1.29, 1.82) is 0 Å². The summed E-state index contributed by atoms with van der Waals surface area (Å²) in [5, 5.41) is 1.06. The van der Waals surface area contributed by atoms with Gasteiger partial charge in [0.15, 0.2) is 0 Å². The van der Waals surface area contributed by atoms with Gasteiger partial charge in [0.25, 0.3) is 0 Å². The molecule has 19 heavy (non-hydrogen) atoms. The monoisotopic (exact) mass is 292 g/mol. The van der Waals surface area contributed by atoms with Gasteiger partial charge in [-0.25, -0.2) is 0 Å². The predicted octanol–water partition coefficient (Wildman–Crippen LogP) is 6.58. The van der Waals surface area contributed by atoms with Crippen LogP contribution >= 0.6 is 23.5 Å². The largest absolute Gasteiger partial charge is 0.115 e. The summed E-state index contributed by atoms with van der Waals surface area (Å²) in [5.74, 6) is 0. The van der Waals surface area contributed by atoms with E-state index in [1.54, 1.807) is 0 Å². The van der Waals surface area contributed by atoms with Gasteiger partial charge in [-0.2, -0.15) is 0 Å². The molecular weight excluding hydrogens is 268 g/mol. The molecule has 0 nitrogen and oxygen atoms in total. The summed E-state index contributed by atoms with van der Waals surface area (Å²) in [6.07, 6.45) is 0. The van der Waals surface area contributed by atoms with Crippen molar-refractivity contribution in [1.82, 2.24) is 0 Å². The molecule has 0 N–H and O–H groups in total. The quantitative estimate of drug-likeness (QED) is 0.461. The van der Waals surface area contributed by atoms with Crippen LogP contribution in [0.1, 0.15) is 27.7 Å². The molecule has 2 aromatic carbocycles. The van der Waals surface area contributed by atoms with Crippen LogP contribution in [0, 0.1) is 0 Å². The smallest absolute Gasteiger partial charge is 0.0486 e. The van der Waals surface area contributed by atoms with Crippen molar-refractivity contribution in [3.05, 3.63) is 60.7 Å². The van der Waals surface area contributed by atoms with E-state index >= 15 is 0 Å². The molecule has 0 heterocycles. The molecule has 0 aliphatic rings. The fraction of sp³-hybridized carbons (Fsp3) is 0.294. The highest BCUT2D eigenvalue weighted by atomic mass is 32.2. The van der Waals surface area contributed by atoms with Gasteiger partial charge < -0.3 is 0 Å². The fourth-order valence-corrected chi connectivity index (χ4v) is 3.22. The van der Waals surface area contributed by atoms with E-state index in [0.29, 0.717) is 0 Å². The summed E-state index contributed by atoms with van der Waals surface area (Å²) >= 11 is 3.76. The molecule has 0 saturated heterocycles. The highest BCUT2D eigenvalue weighted by molar-refractivity contribution is 8.16. The second-order valence-corrected chi connectivity index (χ2v) is 5.50. The third-order valence-electron chi connectivity index (χ3n) is 1.94. The summed E-state index contributed by atoms with van der Waals surface area (Å²) in [5.41, 5.74) is 0. The zero-order chi connectivity index (χ0) is 14.3. The number of benzene rings is 2. The second kappa shape index (κ2) is 13.6. The van der Waals surface area contributed by atoms with Gasteiger partial charge in [-0.15, -0.1) is 23.5 Å². The van der Waals surface area contributed by atoms with E-state index in [2.05, 4.69) is 48.5 Å². The summed E-state index contributed by atoms with van der Waals surface area (Å²) in [6.45, 7) is 8.00. The van der Waals surface area contributed by atoms with Crippen LogP contribution in [0.2, 0.25) is 0 Å². The third kappa shape index (κ3) is 8.79. The van der Waals surface area contributed by atoms with Crippen LogP contribution in [0.15, 0.2) is 70.5 Å². The Morgan fingerprint density at radius 2 is 0.895 bits per heavy atom. The van der Waals surface area contributed by atoms with Crippen molar-refractivity contribution in [2.75, 3.05) is 5.08 Å². The maximum absolute atomic E-state index is 2.15. The predicted molar refractivity (Wildman–Crippen MR) is 92.2 cm³/mol. The second-order valence-electron chi connectivity index (χ2n) is 3.03. The molecule has 0 spiro atoms. The molecule has 0 aliphatic heterocycles. The van der Waals surface area contributed by atoms with Crippen LogP contribution in [-0.4, -0.2) is 5.08 Å². The van der Waals surface area contributed by atoms with E-state index in [9.17, 15) is 0 Å². The van der Waals surface area contributed by atoms with E-state index in [0.717, 1.165) is 5.08 Å². The van der Waals surface area contributed by atoms with Gasteiger partial charge in [-0.3, -0.25) is 0 Å². The number of hydrogen-bond acceptors (Lipinski definition) is 2. The van der Waals surface area contributed by atoms with Crippen LogP contribution in [0.25, 0.3) is 0 Å². The normalized spacial score (nSPS) is 8.63. The molecule has 2 heteroatoms. The Morgan fingerprint density at radius 1 is 0.579 bits per heavy atom. The molecule has 0 atom stereocenters. The Bertz CT molecular complexity index is 345. The molecule has 2 rings (SSSR count). The Hall–Kier alpha value is -0.860. The Labute approximate surface area is 127 Å². The maximum atomic E-state index is 2.15. The van der Waals surface area contributed by atoms with E-state index in [1.165, 1.54) is 9.79 Å². The molecule has 0 unspecified atom stereocenters. The molecule has 0 aromatic heterocycles. The van der Waals surface area contributed by atoms with E-state index in [1.807, 2.05) is 63.4 Å². The molecular formula is C17H24S2. The van der Waals surface area contributed by atoms with Crippen molar-refractivity contribution in [2.24, 2.45) is 0 Å². The lowest BCUT2D eigenvalue weighted by Gasteiger charge is -2.01. The third-order valence-corrected chi connectivity index (χ3v) is 4.09. The lowest BCUT2D eigenvalue weighted by molar-refractivity contribution is 1.46. The summed E-state index contributed by atoms with van der Waals surface area (Å²) in [4.78, 5) is 2.67. The summed E-state index contributed by atoms with van der Waals surface area (Å²) in [7, 11) is 0. The lowest BCUT2D eigenvalue weighted by Crippen LogP contribution is -1.74. The van der Waals surface area contributed by atoms with Crippen molar-refractivity contribution in [2.45, 2.75) is 37.5 Å². The molecule has 0 aliphatic carbocycles. The average Bonchev–Trinajstić information content (AvgIpc) is 2.53. The standard InChI is InChI=1S/C13H12S2.2C2H6/c1-3-7-12(8-4-1)14-11-15-13-9-5-2-6-10-13;2*1-2/h1-10H,11H2;2*1-2H3. The van der Waals surface area contributed by atoms with E-state index < -0.39 is 0 Å². The summed E-state index contributed by atoms with van der Waals surface area (Å²) < 4.78 is 0. The zero-order valence-electron chi connectivity index (χ0n) is 12.3. The Balaban J connectivity index is 0.000000741. The SMILES string of the molecule is CC.CC.c1ccc(SCSc2ccccc2)cc1. The first-order valence-corrected chi connectivity index (χ1v) is 8.78. The first-order valence-electron chi connectivity index (χ1n) is 6.81. The van der Waals surface area contributed by atoms with Crippen LogP contribution in [0.3, 0.4) is 0 Å². The van der Waals surface area contributed by atoms with Gasteiger partial charge >= 0.3 is 0 Å². The zero-order valence-corrected chi connectivity index (χ0v) is 13.9. The number of hydrogen-bond donors (Lipinski definition) is 0. The topological polar surface area (TPSA) is 0 Å². The van der Waals surface area contributed by atoms with Crippen molar-refractivity contribution < 1.29 is 0 Å². The molecule has 0 radical (unpaired) electrons. The maximum Gasteiger partial charge on any atom is 0.0486 e. The highest BCUT2D eigenvalue weighted by Gasteiger charge is 1.94. The summed E-state index contributed by atoms with van der Waals surface area (Å²) in [6, 6.07) is 21.0. The van der Waals surface area contributed by atoms with Crippen LogP contribution in [0.5, 0.6) is 0 Å². The van der Waals surface area contributed by atoms with Gasteiger partial charge in [-0.1, -0.05) is 64.1 Å². The molecule has 0 bridgehead atoms. The molecule has 0 amide bonds. The van der Waals surface area contributed by atoms with Gasteiger partial charge in [0.05, 0.1) is 0 Å². The van der Waals surface area contributed by atoms with Crippen molar-refractivity contribution in [3.8, 4) is 0 Å². The minimum Gasteiger partial charge on any atom is -0.115 e. The minimum absolute atomic E-state index is 1.06. The Kier molecular flexibility index (Phi) is 13.0. The number of rotatable bonds is 4. The van der Waals surface area contributed by atoms with Gasteiger partial charge in [-0.05, 0) is 24.3 Å². The molecule has 2 aromatic rings. The van der Waals surface area contributed by atoms with E-state index in [4.69, 9.17) is 0 Å². The van der Waals surface area contributed by atoms with E-state index in [-0.39, 0.29) is 0 Å². The first kappa shape index (κ1) is 18.1. The van der Waals surface area contributed by atoms with Gasteiger partial charge in [0, 0.05) is 14.9 Å². The van der Waals surface area contributed by atoms with Crippen molar-refractivity contribution in [3.63, 3.8) is 0 Å². The van der Waals surface area contributed by atoms with Crippen LogP contribution < -0.4 is 0 Å². The highest BCUT2D eigenvalue weighted by Crippen LogP contribution is 2.26. The van der Waals surface area contributed by atoms with Crippen LogP contribution in [0.4, 0.5) is 0 Å². The van der Waals surface area contributed by atoms with Gasteiger partial charge in [0.2, 0.25) is 0 Å². The van der Waals surface area contributed by atoms with Gasteiger partial charge in [0.1, 0.15) is 0 Å². The fourth-order valence-electron chi connectivity index (χ4n) is 1.20.